The van der Waals surface area contributed by atoms with Gasteiger partial charge in [-0.3, -0.25) is 0 Å². The molecule has 0 saturated carbocycles. The predicted octanol–water partition coefficient (Wildman–Crippen LogP) is 7.83. The van der Waals surface area contributed by atoms with Crippen molar-refractivity contribution in [3.63, 3.8) is 0 Å². The summed E-state index contributed by atoms with van der Waals surface area (Å²) in [5.41, 5.74) is 0. The van der Waals surface area contributed by atoms with Crippen molar-refractivity contribution >= 4 is 13.2 Å². The van der Waals surface area contributed by atoms with Crippen molar-refractivity contribution in [2.45, 2.75) is 105 Å². The standard InChI is InChI=1S/C26H49O3P/c1-24(2)18-12-7-5-9-16-22-28-30(27,26-20-14-11-15-21-26)29-23-17-10-6-8-13-19-25(3)4/h11,14-15,20-21,24-25,27,30H,5-10,12-13,16-19,22-23H2,1-4H3. The van der Waals surface area contributed by atoms with E-state index in [9.17, 15) is 4.89 Å². The van der Waals surface area contributed by atoms with Crippen LogP contribution in [0.4, 0.5) is 0 Å². The molecule has 0 bridgehead atoms. The van der Waals surface area contributed by atoms with E-state index in [-0.39, 0.29) is 0 Å². The van der Waals surface area contributed by atoms with E-state index in [1.165, 1.54) is 51.4 Å². The Bertz CT molecular complexity index is 480. The molecule has 1 N–H and O–H groups in total. The molecule has 0 aliphatic rings. The van der Waals surface area contributed by atoms with E-state index in [1.807, 2.05) is 30.3 Å². The summed E-state index contributed by atoms with van der Waals surface area (Å²) in [5.74, 6) is 1.61. The van der Waals surface area contributed by atoms with E-state index in [4.69, 9.17) is 9.05 Å². The van der Waals surface area contributed by atoms with E-state index >= 15 is 0 Å². The van der Waals surface area contributed by atoms with Gasteiger partial charge in [-0.1, -0.05) is 0 Å². The number of hydrogen-bond donors (Lipinski definition) is 1. The first-order valence-corrected chi connectivity index (χ1v) is 14.3. The third-order valence-corrected chi connectivity index (χ3v) is 7.84. The van der Waals surface area contributed by atoms with E-state index < -0.39 is 7.94 Å². The van der Waals surface area contributed by atoms with Gasteiger partial charge >= 0.3 is 187 Å². The van der Waals surface area contributed by atoms with Gasteiger partial charge in [0.1, 0.15) is 0 Å². The zero-order valence-electron chi connectivity index (χ0n) is 20.2. The molecule has 4 heteroatoms. The van der Waals surface area contributed by atoms with Gasteiger partial charge in [-0.05, 0) is 0 Å². The van der Waals surface area contributed by atoms with Gasteiger partial charge in [-0.15, -0.1) is 0 Å². The van der Waals surface area contributed by atoms with Crippen LogP contribution in [0.3, 0.4) is 0 Å². The van der Waals surface area contributed by atoms with Gasteiger partial charge < -0.3 is 0 Å². The molecule has 0 aliphatic carbocycles. The Kier molecular flexibility index (Phi) is 15.7. The molecule has 0 radical (unpaired) electrons. The number of unbranched alkanes of at least 4 members (excludes halogenated alkanes) is 8. The summed E-state index contributed by atoms with van der Waals surface area (Å²) in [5, 5.41) is 0.818. The van der Waals surface area contributed by atoms with Gasteiger partial charge in [0.25, 0.3) is 0 Å². The Hall–Kier alpha value is -0.470. The summed E-state index contributed by atoms with van der Waals surface area (Å²) in [6.45, 7) is 10.3. The molecule has 0 spiro atoms. The van der Waals surface area contributed by atoms with Crippen LogP contribution in [0.15, 0.2) is 30.3 Å². The average Bonchev–Trinajstić information content (AvgIpc) is 2.72. The Balaban J connectivity index is 2.28. The molecule has 0 atom stereocenters. The van der Waals surface area contributed by atoms with Crippen LogP contribution in [0, 0.1) is 11.8 Å². The molecule has 1 aromatic carbocycles. The van der Waals surface area contributed by atoms with E-state index in [0.29, 0.717) is 13.2 Å². The molecule has 30 heavy (non-hydrogen) atoms. The molecular formula is C26H49O3P. The SMILES string of the molecule is CC(C)CCCCCCCO[PH](O)(OCCCCCCCC(C)C)c1ccccc1. The molecule has 0 heterocycles. The monoisotopic (exact) mass is 440 g/mol. The zero-order chi connectivity index (χ0) is 22.1. The van der Waals surface area contributed by atoms with Crippen LogP contribution < -0.4 is 5.30 Å². The van der Waals surface area contributed by atoms with Gasteiger partial charge in [-0.25, -0.2) is 0 Å². The fraction of sp³-hybridized carbons (Fsp3) is 0.769. The quantitative estimate of drug-likeness (QED) is 0.176. The fourth-order valence-corrected chi connectivity index (χ4v) is 5.52. The predicted molar refractivity (Wildman–Crippen MR) is 134 cm³/mol. The van der Waals surface area contributed by atoms with Crippen molar-refractivity contribution in [2.75, 3.05) is 13.2 Å². The van der Waals surface area contributed by atoms with E-state index in [2.05, 4.69) is 27.7 Å². The van der Waals surface area contributed by atoms with Crippen LogP contribution in [-0.2, 0) is 9.05 Å². The summed E-state index contributed by atoms with van der Waals surface area (Å²) in [6.07, 6.45) is 14.7. The fourth-order valence-electron chi connectivity index (χ4n) is 3.65. The topological polar surface area (TPSA) is 38.7 Å². The summed E-state index contributed by atoms with van der Waals surface area (Å²) in [6, 6.07) is 9.73. The van der Waals surface area contributed by atoms with Crippen LogP contribution in [0.2, 0.25) is 0 Å². The Morgan fingerprint density at radius 2 is 1.03 bits per heavy atom. The minimum atomic E-state index is -3.31. The second-order valence-corrected chi connectivity index (χ2v) is 11.9. The van der Waals surface area contributed by atoms with Crippen LogP contribution in [0.5, 0.6) is 0 Å². The van der Waals surface area contributed by atoms with Crippen molar-refractivity contribution in [1.82, 2.24) is 0 Å². The Labute approximate surface area is 187 Å². The average molecular weight is 441 g/mol. The van der Waals surface area contributed by atoms with E-state index in [0.717, 1.165) is 42.8 Å². The molecule has 0 aromatic heterocycles. The second-order valence-electron chi connectivity index (χ2n) is 9.55. The Morgan fingerprint density at radius 1 is 0.633 bits per heavy atom. The molecule has 0 amide bonds. The van der Waals surface area contributed by atoms with Crippen LogP contribution in [0.25, 0.3) is 0 Å². The summed E-state index contributed by atoms with van der Waals surface area (Å²) < 4.78 is 12.0. The van der Waals surface area contributed by atoms with Crippen LogP contribution >= 0.6 is 7.94 Å². The first kappa shape index (κ1) is 27.6. The first-order chi connectivity index (χ1) is 14.4. The summed E-state index contributed by atoms with van der Waals surface area (Å²) in [7, 11) is -3.31. The van der Waals surface area contributed by atoms with Crippen molar-refractivity contribution < 1.29 is 13.9 Å². The van der Waals surface area contributed by atoms with Gasteiger partial charge in [0, 0.05) is 0 Å². The van der Waals surface area contributed by atoms with Crippen molar-refractivity contribution in [3.05, 3.63) is 30.3 Å². The number of hydrogen-bond acceptors (Lipinski definition) is 3. The normalized spacial score (nSPS) is 12.8. The molecular weight excluding hydrogens is 391 g/mol. The molecule has 0 fully saturated rings. The van der Waals surface area contributed by atoms with Gasteiger partial charge in [-0.2, -0.15) is 0 Å². The summed E-state index contributed by atoms with van der Waals surface area (Å²) >= 11 is 0. The molecule has 0 unspecified atom stereocenters. The third-order valence-electron chi connectivity index (χ3n) is 5.59. The van der Waals surface area contributed by atoms with Crippen molar-refractivity contribution in [3.8, 4) is 0 Å². The number of rotatable bonds is 19. The number of benzene rings is 1. The van der Waals surface area contributed by atoms with Gasteiger partial charge in [0.15, 0.2) is 0 Å². The summed E-state index contributed by atoms with van der Waals surface area (Å²) in [4.78, 5) is 11.2. The van der Waals surface area contributed by atoms with E-state index in [1.54, 1.807) is 0 Å². The molecule has 1 aromatic rings. The molecule has 3 nitrogen and oxygen atoms in total. The second kappa shape index (κ2) is 17.1. The first-order valence-electron chi connectivity index (χ1n) is 12.5. The molecule has 0 saturated heterocycles. The Morgan fingerprint density at radius 3 is 1.47 bits per heavy atom. The minimum absolute atomic E-state index is 0.580. The van der Waals surface area contributed by atoms with Crippen LogP contribution in [0.1, 0.15) is 105 Å². The maximum absolute atomic E-state index is 11.2. The molecule has 176 valence electrons. The molecule has 0 aliphatic heterocycles. The van der Waals surface area contributed by atoms with Crippen LogP contribution in [-0.4, -0.2) is 18.1 Å². The van der Waals surface area contributed by atoms with Crippen molar-refractivity contribution in [1.29, 1.82) is 0 Å². The zero-order valence-corrected chi connectivity index (χ0v) is 21.2. The maximum atomic E-state index is 11.2. The van der Waals surface area contributed by atoms with Crippen molar-refractivity contribution in [2.24, 2.45) is 11.8 Å². The van der Waals surface area contributed by atoms with Gasteiger partial charge in [0.05, 0.1) is 0 Å². The van der Waals surface area contributed by atoms with Gasteiger partial charge in [0.2, 0.25) is 0 Å². The third kappa shape index (κ3) is 13.8. The molecule has 1 rings (SSSR count).